The summed E-state index contributed by atoms with van der Waals surface area (Å²) in [5.74, 6) is -0.687. The van der Waals surface area contributed by atoms with Crippen LogP contribution in [0.25, 0.3) is 0 Å². The molecule has 0 heterocycles. The van der Waals surface area contributed by atoms with Gasteiger partial charge in [0.1, 0.15) is 10.8 Å². The average molecular weight is 284 g/mol. The molecule has 0 aliphatic rings. The molecule has 0 unspecified atom stereocenters. The molecule has 2 N–H and O–H groups in total. The monoisotopic (exact) mass is 284 g/mol. The number of benzene rings is 1. The number of carbonyl (C=O) groups is 1. The van der Waals surface area contributed by atoms with Gasteiger partial charge in [0.2, 0.25) is 0 Å². The molecule has 0 saturated heterocycles. The first-order chi connectivity index (χ1) is 8.95. The van der Waals surface area contributed by atoms with E-state index in [-0.39, 0.29) is 16.5 Å². The van der Waals surface area contributed by atoms with Crippen molar-refractivity contribution in [3.05, 3.63) is 29.6 Å². The minimum Gasteiger partial charge on any atom is -0.469 e. The smallest absolute Gasteiger partial charge is 0.305 e. The van der Waals surface area contributed by atoms with E-state index in [1.54, 1.807) is 12.1 Å². The van der Waals surface area contributed by atoms with Crippen molar-refractivity contribution in [2.45, 2.75) is 12.8 Å². The lowest BCUT2D eigenvalue weighted by molar-refractivity contribution is -0.140. The fraction of sp³-hybridized carbons (Fsp3) is 0.385. The van der Waals surface area contributed by atoms with Crippen molar-refractivity contribution >= 4 is 28.9 Å². The lowest BCUT2D eigenvalue weighted by atomic mass is 10.1. The Morgan fingerprint density at radius 1 is 1.53 bits per heavy atom. The largest absolute Gasteiger partial charge is 0.469 e. The maximum Gasteiger partial charge on any atom is 0.305 e. The summed E-state index contributed by atoms with van der Waals surface area (Å²) in [6.07, 6.45) is 0.982. The summed E-state index contributed by atoms with van der Waals surface area (Å²) in [6, 6.07) is 4.69. The number of hydrogen-bond acceptors (Lipinski definition) is 4. The molecule has 4 nitrogen and oxygen atoms in total. The van der Waals surface area contributed by atoms with Crippen LogP contribution in [0.1, 0.15) is 18.4 Å². The van der Waals surface area contributed by atoms with Gasteiger partial charge in [-0.15, -0.1) is 0 Å². The van der Waals surface area contributed by atoms with Gasteiger partial charge in [-0.2, -0.15) is 0 Å². The van der Waals surface area contributed by atoms with Gasteiger partial charge in [0.05, 0.1) is 7.11 Å². The first-order valence-corrected chi connectivity index (χ1v) is 6.24. The molecule has 104 valence electrons. The van der Waals surface area contributed by atoms with Gasteiger partial charge in [-0.3, -0.25) is 4.79 Å². The average Bonchev–Trinajstić information content (AvgIpc) is 2.37. The van der Waals surface area contributed by atoms with Crippen molar-refractivity contribution in [3.63, 3.8) is 0 Å². The van der Waals surface area contributed by atoms with E-state index >= 15 is 0 Å². The second-order valence-corrected chi connectivity index (χ2v) is 4.57. The maximum absolute atomic E-state index is 13.7. The number of anilines is 1. The van der Waals surface area contributed by atoms with Gasteiger partial charge in [-0.05, 0) is 24.6 Å². The Labute approximate surface area is 117 Å². The zero-order chi connectivity index (χ0) is 14.4. The van der Waals surface area contributed by atoms with E-state index < -0.39 is 5.82 Å². The molecule has 0 aliphatic heterocycles. The molecule has 0 atom stereocenters. The number of nitrogens with two attached hydrogens (primary N) is 1. The summed E-state index contributed by atoms with van der Waals surface area (Å²) in [6.45, 7) is 0.626. The standard InChI is InChI=1S/C13H17FN2O2S/c1-16(7-3-4-12(17)18-2)9-5-6-10(13(15)19)11(14)8-9/h5-6,8H,3-4,7H2,1-2H3,(H2,15,19). The zero-order valence-electron chi connectivity index (χ0n) is 11.0. The number of methoxy groups -OCH3 is 1. The Hall–Kier alpha value is -1.69. The Bertz CT molecular complexity index is 480. The lowest BCUT2D eigenvalue weighted by Gasteiger charge is -2.19. The number of ether oxygens (including phenoxy) is 1. The second kappa shape index (κ2) is 7.04. The van der Waals surface area contributed by atoms with E-state index in [1.807, 2.05) is 11.9 Å². The molecule has 19 heavy (non-hydrogen) atoms. The highest BCUT2D eigenvalue weighted by Crippen LogP contribution is 2.18. The summed E-state index contributed by atoms with van der Waals surface area (Å²) < 4.78 is 18.3. The van der Waals surface area contributed by atoms with E-state index in [1.165, 1.54) is 13.2 Å². The topological polar surface area (TPSA) is 55.6 Å². The summed E-state index contributed by atoms with van der Waals surface area (Å²) in [4.78, 5) is 12.9. The molecular formula is C13H17FN2O2S. The molecular weight excluding hydrogens is 267 g/mol. The molecule has 0 bridgehead atoms. The first-order valence-electron chi connectivity index (χ1n) is 5.83. The maximum atomic E-state index is 13.7. The van der Waals surface area contributed by atoms with E-state index in [2.05, 4.69) is 4.74 Å². The number of carbonyl (C=O) groups excluding carboxylic acids is 1. The summed E-state index contributed by atoms with van der Waals surface area (Å²) in [5, 5.41) is 0. The van der Waals surface area contributed by atoms with Crippen molar-refractivity contribution in [2.75, 3.05) is 25.6 Å². The molecule has 1 rings (SSSR count). The number of thiocarbonyl (C=S) groups is 1. The van der Waals surface area contributed by atoms with Gasteiger partial charge in [0.15, 0.2) is 0 Å². The predicted octanol–water partition coefficient (Wildman–Crippen LogP) is 1.85. The quantitative estimate of drug-likeness (QED) is 0.638. The van der Waals surface area contributed by atoms with Crippen LogP contribution < -0.4 is 10.6 Å². The summed E-state index contributed by atoms with van der Waals surface area (Å²) in [5.41, 5.74) is 6.34. The third kappa shape index (κ3) is 4.48. The van der Waals surface area contributed by atoms with E-state index in [9.17, 15) is 9.18 Å². The van der Waals surface area contributed by atoms with Gasteiger partial charge in [-0.1, -0.05) is 12.2 Å². The van der Waals surface area contributed by atoms with Gasteiger partial charge in [-0.25, -0.2) is 4.39 Å². The van der Waals surface area contributed by atoms with Gasteiger partial charge in [0.25, 0.3) is 0 Å². The van der Waals surface area contributed by atoms with Crippen molar-refractivity contribution in [1.82, 2.24) is 0 Å². The van der Waals surface area contributed by atoms with Gasteiger partial charge >= 0.3 is 5.97 Å². The van der Waals surface area contributed by atoms with Crippen LogP contribution in [-0.4, -0.2) is 31.7 Å². The summed E-state index contributed by atoms with van der Waals surface area (Å²) in [7, 11) is 3.18. The lowest BCUT2D eigenvalue weighted by Crippen LogP contribution is -2.20. The van der Waals surface area contributed by atoms with E-state index in [0.717, 1.165) is 0 Å². The van der Waals surface area contributed by atoms with Crippen molar-refractivity contribution in [1.29, 1.82) is 0 Å². The van der Waals surface area contributed by atoms with Crippen molar-refractivity contribution in [2.24, 2.45) is 5.73 Å². The van der Waals surface area contributed by atoms with Crippen LogP contribution in [-0.2, 0) is 9.53 Å². The molecule has 1 aromatic rings. The first kappa shape index (κ1) is 15.4. The molecule has 0 spiro atoms. The van der Waals surface area contributed by atoms with Crippen molar-refractivity contribution in [3.8, 4) is 0 Å². The molecule has 0 saturated carbocycles. The summed E-state index contributed by atoms with van der Waals surface area (Å²) >= 11 is 4.74. The Morgan fingerprint density at radius 2 is 2.21 bits per heavy atom. The third-order valence-corrected chi connectivity index (χ3v) is 2.98. The molecule has 6 heteroatoms. The van der Waals surface area contributed by atoms with Crippen LogP contribution in [0.5, 0.6) is 0 Å². The highest BCUT2D eigenvalue weighted by atomic mass is 32.1. The Kier molecular flexibility index (Phi) is 5.69. The van der Waals surface area contributed by atoms with Crippen LogP contribution >= 0.6 is 12.2 Å². The highest BCUT2D eigenvalue weighted by Gasteiger charge is 2.09. The number of hydrogen-bond donors (Lipinski definition) is 1. The number of esters is 1. The zero-order valence-corrected chi connectivity index (χ0v) is 11.8. The Balaban J connectivity index is 2.62. The number of nitrogens with zero attached hydrogens (tertiary/aromatic N) is 1. The molecule has 0 aliphatic carbocycles. The molecule has 0 aromatic heterocycles. The second-order valence-electron chi connectivity index (χ2n) is 4.13. The molecule has 0 radical (unpaired) electrons. The normalized spacial score (nSPS) is 10.1. The fourth-order valence-corrected chi connectivity index (χ4v) is 1.80. The van der Waals surface area contributed by atoms with Crippen LogP contribution in [0.4, 0.5) is 10.1 Å². The SMILES string of the molecule is COC(=O)CCCN(C)c1ccc(C(N)=S)c(F)c1. The number of rotatable bonds is 6. The van der Waals surface area contributed by atoms with Crippen LogP contribution in [0.2, 0.25) is 0 Å². The van der Waals surface area contributed by atoms with Crippen LogP contribution in [0.3, 0.4) is 0 Å². The van der Waals surface area contributed by atoms with E-state index in [4.69, 9.17) is 18.0 Å². The van der Waals surface area contributed by atoms with Crippen molar-refractivity contribution < 1.29 is 13.9 Å². The highest BCUT2D eigenvalue weighted by molar-refractivity contribution is 7.80. The van der Waals surface area contributed by atoms with Crippen LogP contribution in [0.15, 0.2) is 18.2 Å². The Morgan fingerprint density at radius 3 is 2.74 bits per heavy atom. The number of halogens is 1. The van der Waals surface area contributed by atoms with E-state index in [0.29, 0.717) is 25.1 Å². The van der Waals surface area contributed by atoms with Gasteiger partial charge < -0.3 is 15.4 Å². The minimum absolute atomic E-state index is 0.0393. The van der Waals surface area contributed by atoms with Gasteiger partial charge in [0, 0.05) is 31.3 Å². The van der Waals surface area contributed by atoms with Crippen LogP contribution in [0, 0.1) is 5.82 Å². The fourth-order valence-electron chi connectivity index (χ4n) is 1.63. The minimum atomic E-state index is -0.440. The molecule has 0 fully saturated rings. The molecule has 1 aromatic carbocycles. The third-order valence-electron chi connectivity index (χ3n) is 2.76. The predicted molar refractivity (Wildman–Crippen MR) is 76.8 cm³/mol. The molecule has 0 amide bonds.